The molecule has 174 valence electrons. The van der Waals surface area contributed by atoms with Crippen LogP contribution in [0.25, 0.3) is 10.2 Å². The zero-order chi connectivity index (χ0) is 24.0. The van der Waals surface area contributed by atoms with E-state index < -0.39 is 5.91 Å². The molecule has 0 radical (unpaired) electrons. The Balaban J connectivity index is 1.49. The Morgan fingerprint density at radius 1 is 1.24 bits per heavy atom. The first kappa shape index (κ1) is 22.5. The molecule has 1 aliphatic carbocycles. The fourth-order valence-corrected chi connectivity index (χ4v) is 6.97. The van der Waals surface area contributed by atoms with Gasteiger partial charge in [-0.2, -0.15) is 0 Å². The Kier molecular flexibility index (Phi) is 5.83. The number of amides is 2. The molecule has 0 aliphatic heterocycles. The van der Waals surface area contributed by atoms with Gasteiger partial charge in [0, 0.05) is 4.88 Å². The molecule has 1 aromatic carbocycles. The minimum atomic E-state index is -0.527. The number of primary amides is 1. The number of hydrogen-bond donors (Lipinski definition) is 2. The maximum atomic E-state index is 13.3. The highest BCUT2D eigenvalue weighted by Gasteiger charge is 2.28. The van der Waals surface area contributed by atoms with Crippen molar-refractivity contribution in [2.45, 2.75) is 39.7 Å². The standard InChI is InChI=1S/C25H24N4O3S2/c1-13-8-9-16-17(10-13)33-24(19(16)21(26)30)28-22(31)20-14(2)18-23(34-20)27-12-29(25(18)32)11-15-6-4-3-5-7-15/h3-7,12-13H,8-11H2,1-2H3,(H2,26,30)(H,28,31). The van der Waals surface area contributed by atoms with E-state index >= 15 is 0 Å². The lowest BCUT2D eigenvalue weighted by Gasteiger charge is -2.18. The summed E-state index contributed by atoms with van der Waals surface area (Å²) < 4.78 is 1.55. The van der Waals surface area contributed by atoms with Crippen molar-refractivity contribution in [3.8, 4) is 0 Å². The summed E-state index contributed by atoms with van der Waals surface area (Å²) in [6.45, 7) is 4.35. The van der Waals surface area contributed by atoms with Crippen LogP contribution in [-0.4, -0.2) is 21.4 Å². The zero-order valence-corrected chi connectivity index (χ0v) is 20.5. The van der Waals surface area contributed by atoms with Gasteiger partial charge in [-0.3, -0.25) is 19.0 Å². The number of carbonyl (C=O) groups excluding carboxylic acids is 2. The predicted molar refractivity (Wildman–Crippen MR) is 136 cm³/mol. The average Bonchev–Trinajstić information content (AvgIpc) is 3.33. The molecule has 3 aromatic heterocycles. The third-order valence-electron chi connectivity index (χ3n) is 6.30. The van der Waals surface area contributed by atoms with Crippen LogP contribution in [0, 0.1) is 12.8 Å². The Morgan fingerprint density at radius 2 is 2.00 bits per heavy atom. The number of nitrogens with two attached hydrogens (primary N) is 1. The van der Waals surface area contributed by atoms with E-state index in [1.54, 1.807) is 11.5 Å². The minimum absolute atomic E-state index is 0.181. The number of aryl methyl sites for hydroxylation is 1. The van der Waals surface area contributed by atoms with Crippen LogP contribution in [0.2, 0.25) is 0 Å². The SMILES string of the molecule is Cc1c(C(=O)Nc2sc3c(c2C(N)=O)CCC(C)C3)sc2ncn(Cc3ccccc3)c(=O)c12. The zero-order valence-electron chi connectivity index (χ0n) is 18.9. The number of thiophene rings is 2. The van der Waals surface area contributed by atoms with Crippen molar-refractivity contribution in [1.29, 1.82) is 0 Å². The molecule has 0 saturated carbocycles. The highest BCUT2D eigenvalue weighted by Crippen LogP contribution is 2.40. The number of aromatic nitrogens is 2. The molecule has 5 rings (SSSR count). The Bertz CT molecular complexity index is 1480. The van der Waals surface area contributed by atoms with Gasteiger partial charge in [-0.25, -0.2) is 4.98 Å². The normalized spacial score (nSPS) is 15.3. The van der Waals surface area contributed by atoms with Crippen molar-refractivity contribution in [3.63, 3.8) is 0 Å². The summed E-state index contributed by atoms with van der Waals surface area (Å²) in [7, 11) is 0. The van der Waals surface area contributed by atoms with Gasteiger partial charge in [-0.1, -0.05) is 37.3 Å². The molecule has 7 nitrogen and oxygen atoms in total. The number of fused-ring (bicyclic) bond motifs is 2. The first-order valence-corrected chi connectivity index (χ1v) is 12.7. The Labute approximate surface area is 204 Å². The molecule has 4 aromatic rings. The van der Waals surface area contributed by atoms with E-state index in [0.29, 0.717) is 43.7 Å². The molecule has 3 heterocycles. The highest BCUT2D eigenvalue weighted by atomic mass is 32.1. The second-order valence-electron chi connectivity index (χ2n) is 8.77. The molecule has 1 aliphatic rings. The van der Waals surface area contributed by atoms with Gasteiger partial charge in [0.2, 0.25) is 0 Å². The second kappa shape index (κ2) is 8.81. The van der Waals surface area contributed by atoms with Gasteiger partial charge in [-0.05, 0) is 48.8 Å². The fourth-order valence-electron chi connectivity index (χ4n) is 4.53. The summed E-state index contributed by atoms with van der Waals surface area (Å²) in [4.78, 5) is 45.2. The smallest absolute Gasteiger partial charge is 0.266 e. The number of nitrogens with one attached hydrogen (secondary N) is 1. The molecule has 0 fully saturated rings. The van der Waals surface area contributed by atoms with Crippen molar-refractivity contribution < 1.29 is 9.59 Å². The van der Waals surface area contributed by atoms with Crippen molar-refractivity contribution in [2.24, 2.45) is 11.7 Å². The van der Waals surface area contributed by atoms with Gasteiger partial charge in [0.1, 0.15) is 9.83 Å². The van der Waals surface area contributed by atoms with Crippen LogP contribution in [0.3, 0.4) is 0 Å². The third-order valence-corrected chi connectivity index (χ3v) is 8.67. The van der Waals surface area contributed by atoms with Crippen LogP contribution in [0.5, 0.6) is 0 Å². The van der Waals surface area contributed by atoms with Crippen LogP contribution in [0.15, 0.2) is 41.5 Å². The highest BCUT2D eigenvalue weighted by molar-refractivity contribution is 7.21. The van der Waals surface area contributed by atoms with Crippen molar-refractivity contribution in [1.82, 2.24) is 9.55 Å². The number of rotatable bonds is 5. The topological polar surface area (TPSA) is 107 Å². The lowest BCUT2D eigenvalue weighted by Crippen LogP contribution is -2.21. The lowest BCUT2D eigenvalue weighted by molar-refractivity contribution is 0.1000. The van der Waals surface area contributed by atoms with Crippen molar-refractivity contribution in [2.75, 3.05) is 5.32 Å². The van der Waals surface area contributed by atoms with Crippen LogP contribution >= 0.6 is 22.7 Å². The minimum Gasteiger partial charge on any atom is -0.365 e. The second-order valence-corrected chi connectivity index (χ2v) is 10.9. The van der Waals surface area contributed by atoms with Gasteiger partial charge < -0.3 is 11.1 Å². The maximum absolute atomic E-state index is 13.3. The predicted octanol–water partition coefficient (Wildman–Crippen LogP) is 4.35. The van der Waals surface area contributed by atoms with Gasteiger partial charge in [-0.15, -0.1) is 22.7 Å². The van der Waals surface area contributed by atoms with Gasteiger partial charge >= 0.3 is 0 Å². The molecule has 0 saturated heterocycles. The van der Waals surface area contributed by atoms with Gasteiger partial charge in [0.15, 0.2) is 0 Å². The van der Waals surface area contributed by atoms with Gasteiger partial charge in [0.25, 0.3) is 17.4 Å². The summed E-state index contributed by atoms with van der Waals surface area (Å²) >= 11 is 2.61. The molecule has 1 atom stereocenters. The monoisotopic (exact) mass is 492 g/mol. The number of hydrogen-bond acceptors (Lipinski definition) is 6. The third kappa shape index (κ3) is 3.95. The molecule has 0 bridgehead atoms. The van der Waals surface area contributed by atoms with E-state index in [1.165, 1.54) is 29.0 Å². The molecular weight excluding hydrogens is 468 g/mol. The summed E-state index contributed by atoms with van der Waals surface area (Å²) in [6, 6.07) is 9.68. The maximum Gasteiger partial charge on any atom is 0.266 e. The van der Waals surface area contributed by atoms with Gasteiger partial charge in [0.05, 0.1) is 28.7 Å². The van der Waals surface area contributed by atoms with E-state index in [1.807, 2.05) is 30.3 Å². The van der Waals surface area contributed by atoms with Crippen LogP contribution < -0.4 is 16.6 Å². The Morgan fingerprint density at radius 3 is 2.74 bits per heavy atom. The quantitative estimate of drug-likeness (QED) is 0.432. The summed E-state index contributed by atoms with van der Waals surface area (Å²) in [6.07, 6.45) is 4.18. The van der Waals surface area contributed by atoms with E-state index in [2.05, 4.69) is 17.2 Å². The Hall–Kier alpha value is -3.30. The van der Waals surface area contributed by atoms with Crippen LogP contribution in [0.1, 0.15) is 54.9 Å². The van der Waals surface area contributed by atoms with E-state index in [0.717, 1.165) is 35.3 Å². The van der Waals surface area contributed by atoms with Crippen LogP contribution in [-0.2, 0) is 19.4 Å². The lowest BCUT2D eigenvalue weighted by atomic mass is 9.88. The van der Waals surface area contributed by atoms with Crippen LogP contribution in [0.4, 0.5) is 5.00 Å². The summed E-state index contributed by atoms with van der Waals surface area (Å²) in [5.74, 6) is -0.353. The fraction of sp³-hybridized carbons (Fsp3) is 0.280. The van der Waals surface area contributed by atoms with E-state index in [9.17, 15) is 14.4 Å². The number of nitrogens with zero attached hydrogens (tertiary/aromatic N) is 2. The molecule has 9 heteroatoms. The molecular formula is C25H24N4O3S2. The van der Waals surface area contributed by atoms with E-state index in [-0.39, 0.29) is 11.5 Å². The van der Waals surface area contributed by atoms with E-state index in [4.69, 9.17) is 5.73 Å². The first-order chi connectivity index (χ1) is 16.3. The average molecular weight is 493 g/mol. The first-order valence-electron chi connectivity index (χ1n) is 11.1. The summed E-state index contributed by atoms with van der Waals surface area (Å²) in [5.41, 5.74) is 8.47. The van der Waals surface area contributed by atoms with Crippen molar-refractivity contribution in [3.05, 3.63) is 79.0 Å². The number of anilines is 1. The number of carbonyl (C=O) groups is 2. The molecule has 2 amide bonds. The molecule has 1 unspecified atom stereocenters. The molecule has 0 spiro atoms. The molecule has 34 heavy (non-hydrogen) atoms. The number of benzene rings is 1. The summed E-state index contributed by atoms with van der Waals surface area (Å²) in [5, 5.41) is 3.84. The molecule has 3 N–H and O–H groups in total. The largest absolute Gasteiger partial charge is 0.365 e. The van der Waals surface area contributed by atoms with Crippen molar-refractivity contribution >= 4 is 49.7 Å².